The zero-order valence-electron chi connectivity index (χ0n) is 14.4. The SMILES string of the molecule is CCNC(=NCCc1nc(C(F)(F)F)cs1)NCCN1C(=O)CNC1=O.I. The number of nitrogens with one attached hydrogen (secondary N) is 3. The maximum Gasteiger partial charge on any atom is 0.434 e. The second kappa shape index (κ2) is 10.6. The number of thiazole rings is 1. The largest absolute Gasteiger partial charge is 0.434 e. The highest BCUT2D eigenvalue weighted by atomic mass is 127. The van der Waals surface area contributed by atoms with Crippen molar-refractivity contribution in [1.82, 2.24) is 25.8 Å². The quantitative estimate of drug-likeness (QED) is 0.219. The van der Waals surface area contributed by atoms with Crippen molar-refractivity contribution in [1.29, 1.82) is 0 Å². The molecular formula is C14H20F3IN6O2S. The summed E-state index contributed by atoms with van der Waals surface area (Å²) in [7, 11) is 0. The average Bonchev–Trinajstić information content (AvgIpc) is 3.16. The first kappa shape index (κ1) is 23.4. The number of carbonyl (C=O) groups excluding carboxylic acids is 2. The van der Waals surface area contributed by atoms with Crippen LogP contribution < -0.4 is 16.0 Å². The Labute approximate surface area is 175 Å². The van der Waals surface area contributed by atoms with Gasteiger partial charge in [0.05, 0.1) is 11.6 Å². The Hall–Kier alpha value is -1.64. The Balaban J connectivity index is 0.00000364. The molecule has 2 heterocycles. The first-order valence-corrected chi connectivity index (χ1v) is 8.81. The third-order valence-corrected chi connectivity index (χ3v) is 4.26. The normalized spacial score (nSPS) is 14.8. The summed E-state index contributed by atoms with van der Waals surface area (Å²) in [5.41, 5.74) is -0.889. The summed E-state index contributed by atoms with van der Waals surface area (Å²) >= 11 is 0.947. The number of guanidine groups is 1. The van der Waals surface area contributed by atoms with Crippen LogP contribution in [-0.4, -0.2) is 60.5 Å². The molecule has 2 rings (SSSR count). The number of hydrogen-bond donors (Lipinski definition) is 3. The first-order chi connectivity index (χ1) is 12.3. The Bertz CT molecular complexity index is 666. The molecule has 0 unspecified atom stereocenters. The van der Waals surface area contributed by atoms with Crippen molar-refractivity contribution < 1.29 is 22.8 Å². The van der Waals surface area contributed by atoms with E-state index in [4.69, 9.17) is 0 Å². The fraction of sp³-hybridized carbons (Fsp3) is 0.571. The molecule has 1 aliphatic heterocycles. The number of rotatable bonds is 7. The van der Waals surface area contributed by atoms with Gasteiger partial charge in [0.2, 0.25) is 5.91 Å². The first-order valence-electron chi connectivity index (χ1n) is 7.93. The number of aromatic nitrogens is 1. The zero-order valence-corrected chi connectivity index (χ0v) is 17.6. The van der Waals surface area contributed by atoms with E-state index in [9.17, 15) is 22.8 Å². The third-order valence-electron chi connectivity index (χ3n) is 3.35. The highest BCUT2D eigenvalue weighted by Gasteiger charge is 2.33. The molecule has 0 saturated carbocycles. The topological polar surface area (TPSA) is 98.7 Å². The molecule has 0 aliphatic carbocycles. The number of alkyl halides is 3. The molecule has 0 bridgehead atoms. The number of urea groups is 1. The summed E-state index contributed by atoms with van der Waals surface area (Å²) in [6, 6.07) is -0.428. The van der Waals surface area contributed by atoms with Crippen molar-refractivity contribution in [3.8, 4) is 0 Å². The molecular weight excluding hydrogens is 500 g/mol. The third kappa shape index (κ3) is 7.12. The van der Waals surface area contributed by atoms with Crippen LogP contribution in [0.3, 0.4) is 0 Å². The molecule has 1 saturated heterocycles. The molecule has 1 fully saturated rings. The molecule has 0 spiro atoms. The number of amides is 3. The maximum absolute atomic E-state index is 12.5. The molecule has 152 valence electrons. The second-order valence-electron chi connectivity index (χ2n) is 5.27. The van der Waals surface area contributed by atoms with Crippen LogP contribution in [0, 0.1) is 0 Å². The number of carbonyl (C=O) groups is 2. The molecule has 1 aromatic rings. The van der Waals surface area contributed by atoms with Gasteiger partial charge in [0.15, 0.2) is 11.7 Å². The van der Waals surface area contributed by atoms with Gasteiger partial charge in [-0.1, -0.05) is 0 Å². The van der Waals surface area contributed by atoms with E-state index in [2.05, 4.69) is 25.9 Å². The predicted octanol–water partition coefficient (Wildman–Crippen LogP) is 1.43. The minimum atomic E-state index is -4.44. The molecule has 0 radical (unpaired) electrons. The van der Waals surface area contributed by atoms with E-state index in [0.717, 1.165) is 21.6 Å². The summed E-state index contributed by atoms with van der Waals surface area (Å²) < 4.78 is 37.5. The summed E-state index contributed by atoms with van der Waals surface area (Å²) in [6.45, 7) is 3.20. The fourth-order valence-corrected chi connectivity index (χ4v) is 2.92. The fourth-order valence-electron chi connectivity index (χ4n) is 2.13. The summed E-state index contributed by atoms with van der Waals surface area (Å²) in [5, 5.41) is 9.73. The van der Waals surface area contributed by atoms with E-state index in [1.807, 2.05) is 6.92 Å². The van der Waals surface area contributed by atoms with Crippen LogP contribution in [0.5, 0.6) is 0 Å². The lowest BCUT2D eigenvalue weighted by Crippen LogP contribution is -2.43. The van der Waals surface area contributed by atoms with Gasteiger partial charge in [-0.3, -0.25) is 14.7 Å². The van der Waals surface area contributed by atoms with Crippen LogP contribution in [0.15, 0.2) is 10.4 Å². The Morgan fingerprint density at radius 1 is 1.41 bits per heavy atom. The van der Waals surface area contributed by atoms with Crippen molar-refractivity contribution in [2.75, 3.05) is 32.7 Å². The monoisotopic (exact) mass is 520 g/mol. The van der Waals surface area contributed by atoms with Crippen LogP contribution in [0.25, 0.3) is 0 Å². The van der Waals surface area contributed by atoms with Gasteiger partial charge in [0.25, 0.3) is 0 Å². The van der Waals surface area contributed by atoms with E-state index in [1.165, 1.54) is 0 Å². The van der Waals surface area contributed by atoms with Gasteiger partial charge in [-0.05, 0) is 6.92 Å². The van der Waals surface area contributed by atoms with Crippen LogP contribution in [0.2, 0.25) is 0 Å². The molecule has 1 aromatic heterocycles. The van der Waals surface area contributed by atoms with Gasteiger partial charge in [0.1, 0.15) is 0 Å². The lowest BCUT2D eigenvalue weighted by Gasteiger charge is -2.15. The number of hydrogen-bond acceptors (Lipinski definition) is 5. The lowest BCUT2D eigenvalue weighted by molar-refractivity contribution is -0.140. The van der Waals surface area contributed by atoms with Crippen LogP contribution in [-0.2, 0) is 17.4 Å². The van der Waals surface area contributed by atoms with Gasteiger partial charge < -0.3 is 16.0 Å². The molecule has 3 amide bonds. The van der Waals surface area contributed by atoms with E-state index in [1.54, 1.807) is 0 Å². The Kier molecular flexibility index (Phi) is 9.21. The van der Waals surface area contributed by atoms with Crippen molar-refractivity contribution >= 4 is 53.2 Å². The molecule has 8 nitrogen and oxygen atoms in total. The minimum absolute atomic E-state index is 0. The number of aliphatic imine (C=N–C) groups is 1. The number of imide groups is 1. The summed E-state index contributed by atoms with van der Waals surface area (Å²) in [4.78, 5) is 31.8. The molecule has 0 atom stereocenters. The van der Waals surface area contributed by atoms with Crippen molar-refractivity contribution in [3.63, 3.8) is 0 Å². The van der Waals surface area contributed by atoms with Crippen molar-refractivity contribution in [2.45, 2.75) is 19.5 Å². The highest BCUT2D eigenvalue weighted by molar-refractivity contribution is 14.0. The van der Waals surface area contributed by atoms with E-state index < -0.39 is 17.9 Å². The molecule has 13 heteroatoms. The van der Waals surface area contributed by atoms with Crippen LogP contribution in [0.4, 0.5) is 18.0 Å². The van der Waals surface area contributed by atoms with E-state index >= 15 is 0 Å². The minimum Gasteiger partial charge on any atom is -0.357 e. The second-order valence-corrected chi connectivity index (χ2v) is 6.21. The number of halogens is 4. The number of nitrogens with zero attached hydrogens (tertiary/aromatic N) is 3. The van der Waals surface area contributed by atoms with Crippen molar-refractivity contribution in [3.05, 3.63) is 16.1 Å². The van der Waals surface area contributed by atoms with Crippen LogP contribution in [0.1, 0.15) is 17.6 Å². The van der Waals surface area contributed by atoms with Gasteiger partial charge in [0, 0.05) is 38.0 Å². The van der Waals surface area contributed by atoms with E-state index in [-0.39, 0.29) is 55.9 Å². The Morgan fingerprint density at radius 2 is 2.15 bits per heavy atom. The molecule has 27 heavy (non-hydrogen) atoms. The van der Waals surface area contributed by atoms with E-state index in [0.29, 0.717) is 24.1 Å². The summed E-state index contributed by atoms with van der Waals surface area (Å²) in [5.74, 6) is 0.162. The average molecular weight is 520 g/mol. The molecule has 1 aliphatic rings. The lowest BCUT2D eigenvalue weighted by atomic mass is 10.4. The maximum atomic E-state index is 12.5. The van der Waals surface area contributed by atoms with Gasteiger partial charge >= 0.3 is 12.2 Å². The van der Waals surface area contributed by atoms with Gasteiger partial charge in [-0.25, -0.2) is 9.78 Å². The molecule has 0 aromatic carbocycles. The Morgan fingerprint density at radius 3 is 2.70 bits per heavy atom. The highest BCUT2D eigenvalue weighted by Crippen LogP contribution is 2.30. The smallest absolute Gasteiger partial charge is 0.357 e. The van der Waals surface area contributed by atoms with Gasteiger partial charge in [-0.2, -0.15) is 13.2 Å². The zero-order chi connectivity index (χ0) is 19.2. The standard InChI is InChI=1S/C14H19F3N6O2S.HI/c1-2-18-12(20-5-6-23-11(24)7-21-13(23)25)19-4-3-10-22-9(8-26-10)14(15,16)17;/h8H,2-7H2,1H3,(H,21,25)(H2,18,19,20);1H. The predicted molar refractivity (Wildman–Crippen MR) is 105 cm³/mol. The summed E-state index contributed by atoms with van der Waals surface area (Å²) in [6.07, 6.45) is -4.15. The molecule has 3 N–H and O–H groups in total. The van der Waals surface area contributed by atoms with Crippen molar-refractivity contribution in [2.24, 2.45) is 4.99 Å². The van der Waals surface area contributed by atoms with Crippen LogP contribution >= 0.6 is 35.3 Å². The van der Waals surface area contributed by atoms with Gasteiger partial charge in [-0.15, -0.1) is 35.3 Å².